The van der Waals surface area contributed by atoms with E-state index >= 15 is 0 Å². The molecule has 0 aliphatic carbocycles. The van der Waals surface area contributed by atoms with E-state index in [1.165, 1.54) is 0 Å². The molecule has 0 aromatic carbocycles. The zero-order valence-corrected chi connectivity index (χ0v) is 9.67. The first kappa shape index (κ1) is 11.2. The lowest BCUT2D eigenvalue weighted by Crippen LogP contribution is -2.17. The maximum atomic E-state index is 5.47. The first-order chi connectivity index (χ1) is 6.45. The van der Waals surface area contributed by atoms with Crippen molar-refractivity contribution in [3.05, 3.63) is 17.7 Å². The van der Waals surface area contributed by atoms with Gasteiger partial charge in [-0.3, -0.25) is 0 Å². The van der Waals surface area contributed by atoms with Gasteiger partial charge in [-0.2, -0.15) is 0 Å². The highest BCUT2D eigenvalue weighted by Gasteiger charge is 2.19. The smallest absolute Gasteiger partial charge is 0.114 e. The molecule has 0 aliphatic heterocycles. The van der Waals surface area contributed by atoms with E-state index < -0.39 is 0 Å². The minimum absolute atomic E-state index is 0.121. The number of rotatable bonds is 3. The van der Waals surface area contributed by atoms with Crippen LogP contribution in [0.2, 0.25) is 0 Å². The molecule has 0 atom stereocenters. The average molecular weight is 195 g/mol. The zero-order chi connectivity index (χ0) is 10.8. The standard InChI is InChI=1S/C11H21N3/c1-11(2,3)10-13-9(6-5-7-12)8-14(10)4/h8H,5-7,12H2,1-4H3. The summed E-state index contributed by atoms with van der Waals surface area (Å²) in [5.74, 6) is 1.14. The Balaban J connectivity index is 2.83. The Morgan fingerprint density at radius 1 is 1.43 bits per heavy atom. The molecule has 0 bridgehead atoms. The van der Waals surface area contributed by atoms with Crippen LogP contribution < -0.4 is 5.73 Å². The van der Waals surface area contributed by atoms with Crippen LogP contribution in [-0.4, -0.2) is 16.1 Å². The highest BCUT2D eigenvalue weighted by atomic mass is 15.1. The summed E-state index contributed by atoms with van der Waals surface area (Å²) >= 11 is 0. The van der Waals surface area contributed by atoms with Crippen LogP contribution in [0.1, 0.15) is 38.7 Å². The summed E-state index contributed by atoms with van der Waals surface area (Å²) in [4.78, 5) is 4.63. The molecule has 3 heteroatoms. The number of hydrogen-bond acceptors (Lipinski definition) is 2. The molecule has 1 aromatic rings. The first-order valence-electron chi connectivity index (χ1n) is 5.18. The summed E-state index contributed by atoms with van der Waals surface area (Å²) in [6.45, 7) is 7.29. The van der Waals surface area contributed by atoms with Gasteiger partial charge < -0.3 is 10.3 Å². The van der Waals surface area contributed by atoms with Crippen molar-refractivity contribution in [2.24, 2.45) is 12.8 Å². The predicted molar refractivity (Wildman–Crippen MR) is 59.3 cm³/mol. The monoisotopic (exact) mass is 195 g/mol. The highest BCUT2D eigenvalue weighted by Crippen LogP contribution is 2.20. The Labute approximate surface area is 86.3 Å². The van der Waals surface area contributed by atoms with Crippen molar-refractivity contribution in [3.63, 3.8) is 0 Å². The zero-order valence-electron chi connectivity index (χ0n) is 9.67. The molecule has 0 amide bonds. The Morgan fingerprint density at radius 2 is 2.07 bits per heavy atom. The van der Waals surface area contributed by atoms with Gasteiger partial charge in [0.05, 0.1) is 5.69 Å². The van der Waals surface area contributed by atoms with Gasteiger partial charge in [0.2, 0.25) is 0 Å². The minimum Gasteiger partial charge on any atom is -0.337 e. The molecule has 14 heavy (non-hydrogen) atoms. The normalized spacial score (nSPS) is 12.1. The van der Waals surface area contributed by atoms with Gasteiger partial charge in [-0.15, -0.1) is 0 Å². The molecule has 0 fully saturated rings. The molecule has 3 nitrogen and oxygen atoms in total. The second-order valence-electron chi connectivity index (χ2n) is 4.81. The maximum absolute atomic E-state index is 5.47. The Bertz CT molecular complexity index is 294. The lowest BCUT2D eigenvalue weighted by Gasteiger charge is -2.17. The van der Waals surface area contributed by atoms with Gasteiger partial charge in [-0.05, 0) is 19.4 Å². The average Bonchev–Trinajstić information content (AvgIpc) is 2.42. The van der Waals surface area contributed by atoms with Gasteiger partial charge in [0, 0.05) is 18.7 Å². The Kier molecular flexibility index (Phi) is 3.32. The lowest BCUT2D eigenvalue weighted by atomic mass is 9.96. The van der Waals surface area contributed by atoms with E-state index in [4.69, 9.17) is 5.73 Å². The van der Waals surface area contributed by atoms with E-state index in [0.717, 1.165) is 30.9 Å². The third kappa shape index (κ3) is 2.58. The van der Waals surface area contributed by atoms with Gasteiger partial charge in [0.25, 0.3) is 0 Å². The Hall–Kier alpha value is -0.830. The molecule has 1 aromatic heterocycles. The number of aromatic nitrogens is 2. The lowest BCUT2D eigenvalue weighted by molar-refractivity contribution is 0.522. The van der Waals surface area contributed by atoms with Gasteiger partial charge in [-0.1, -0.05) is 20.8 Å². The molecular formula is C11H21N3. The minimum atomic E-state index is 0.121. The van der Waals surface area contributed by atoms with Crippen LogP contribution in [0.25, 0.3) is 0 Å². The van der Waals surface area contributed by atoms with Crippen molar-refractivity contribution in [1.82, 2.24) is 9.55 Å². The summed E-state index contributed by atoms with van der Waals surface area (Å²) in [7, 11) is 2.06. The van der Waals surface area contributed by atoms with Gasteiger partial charge >= 0.3 is 0 Å². The van der Waals surface area contributed by atoms with E-state index in [-0.39, 0.29) is 5.41 Å². The highest BCUT2D eigenvalue weighted by molar-refractivity contribution is 5.11. The van der Waals surface area contributed by atoms with E-state index in [0.29, 0.717) is 0 Å². The molecule has 0 saturated carbocycles. The quantitative estimate of drug-likeness (QED) is 0.796. The number of hydrogen-bond donors (Lipinski definition) is 1. The molecule has 1 heterocycles. The molecule has 0 aliphatic rings. The topological polar surface area (TPSA) is 43.8 Å². The Morgan fingerprint density at radius 3 is 2.50 bits per heavy atom. The number of imidazole rings is 1. The second-order valence-corrected chi connectivity index (χ2v) is 4.81. The third-order valence-corrected chi connectivity index (χ3v) is 2.23. The van der Waals surface area contributed by atoms with Crippen LogP contribution in [-0.2, 0) is 18.9 Å². The summed E-state index contributed by atoms with van der Waals surface area (Å²) in [5.41, 5.74) is 6.75. The van der Waals surface area contributed by atoms with Crippen molar-refractivity contribution in [1.29, 1.82) is 0 Å². The molecular weight excluding hydrogens is 174 g/mol. The van der Waals surface area contributed by atoms with Crippen LogP contribution >= 0.6 is 0 Å². The van der Waals surface area contributed by atoms with Crippen molar-refractivity contribution in [2.75, 3.05) is 6.54 Å². The fourth-order valence-electron chi connectivity index (χ4n) is 1.63. The fourth-order valence-corrected chi connectivity index (χ4v) is 1.63. The summed E-state index contributed by atoms with van der Waals surface area (Å²) in [5, 5.41) is 0. The first-order valence-corrected chi connectivity index (χ1v) is 5.18. The predicted octanol–water partition coefficient (Wildman–Crippen LogP) is 1.61. The fraction of sp³-hybridized carbons (Fsp3) is 0.727. The van der Waals surface area contributed by atoms with Crippen molar-refractivity contribution in [2.45, 2.75) is 39.0 Å². The van der Waals surface area contributed by atoms with Gasteiger partial charge in [-0.25, -0.2) is 4.98 Å². The molecule has 0 saturated heterocycles. The van der Waals surface area contributed by atoms with Crippen molar-refractivity contribution in [3.8, 4) is 0 Å². The molecule has 0 unspecified atom stereocenters. The molecule has 1 rings (SSSR count). The number of nitrogens with two attached hydrogens (primary N) is 1. The molecule has 0 spiro atoms. The number of aryl methyl sites for hydroxylation is 2. The number of nitrogens with zero attached hydrogens (tertiary/aromatic N) is 2. The van der Waals surface area contributed by atoms with E-state index in [2.05, 4.69) is 43.6 Å². The van der Waals surface area contributed by atoms with Crippen LogP contribution in [0.5, 0.6) is 0 Å². The largest absolute Gasteiger partial charge is 0.337 e. The van der Waals surface area contributed by atoms with Crippen LogP contribution in [0.4, 0.5) is 0 Å². The van der Waals surface area contributed by atoms with Crippen molar-refractivity contribution >= 4 is 0 Å². The maximum Gasteiger partial charge on any atom is 0.114 e. The van der Waals surface area contributed by atoms with Crippen LogP contribution in [0.3, 0.4) is 0 Å². The van der Waals surface area contributed by atoms with E-state index in [1.807, 2.05) is 0 Å². The SMILES string of the molecule is Cn1cc(CCCN)nc1C(C)(C)C. The summed E-state index contributed by atoms with van der Waals surface area (Å²) in [6.07, 6.45) is 4.11. The van der Waals surface area contributed by atoms with Gasteiger partial charge in [0.1, 0.15) is 5.82 Å². The summed E-state index contributed by atoms with van der Waals surface area (Å²) in [6, 6.07) is 0. The van der Waals surface area contributed by atoms with E-state index in [1.54, 1.807) is 0 Å². The van der Waals surface area contributed by atoms with Crippen LogP contribution in [0.15, 0.2) is 6.20 Å². The van der Waals surface area contributed by atoms with Crippen molar-refractivity contribution < 1.29 is 0 Å². The van der Waals surface area contributed by atoms with Crippen LogP contribution in [0, 0.1) is 0 Å². The third-order valence-electron chi connectivity index (χ3n) is 2.23. The molecule has 0 radical (unpaired) electrons. The van der Waals surface area contributed by atoms with E-state index in [9.17, 15) is 0 Å². The molecule has 80 valence electrons. The molecule has 2 N–H and O–H groups in total. The summed E-state index contributed by atoms with van der Waals surface area (Å²) < 4.78 is 2.12. The van der Waals surface area contributed by atoms with Gasteiger partial charge in [0.15, 0.2) is 0 Å². The second kappa shape index (κ2) is 4.13.